The highest BCUT2D eigenvalue weighted by molar-refractivity contribution is 8.68. The molecule has 1 N–H and O–H groups in total. The van der Waals surface area contributed by atoms with Crippen LogP contribution in [0.25, 0.3) is 0 Å². The van der Waals surface area contributed by atoms with Gasteiger partial charge in [-0.2, -0.15) is 0 Å². The summed E-state index contributed by atoms with van der Waals surface area (Å²) < 4.78 is 5.46. The van der Waals surface area contributed by atoms with Crippen LogP contribution in [0.4, 0.5) is 0 Å². The minimum Gasteiger partial charge on any atom is -0.354 e. The Balaban J connectivity index is 3.43. The predicted molar refractivity (Wildman–Crippen MR) is 62.9 cm³/mol. The Morgan fingerprint density at radius 3 is 2.92 bits per heavy atom. The van der Waals surface area contributed by atoms with E-state index in [1.54, 1.807) is 0 Å². The molecule has 0 aliphatic rings. The molecule has 4 heteroatoms. The molecule has 1 atom stereocenters. The second kappa shape index (κ2) is 10.3. The zero-order valence-electron chi connectivity index (χ0n) is 8.17. The Morgan fingerprint density at radius 1 is 1.62 bits per heavy atom. The van der Waals surface area contributed by atoms with Crippen LogP contribution in [0.3, 0.4) is 0 Å². The molecule has 0 saturated carbocycles. The van der Waals surface area contributed by atoms with Crippen LogP contribution in [-0.2, 0) is 4.74 Å². The van der Waals surface area contributed by atoms with Gasteiger partial charge in [0.25, 0.3) is 0 Å². The number of ether oxygens (including phenoxy) is 1. The van der Waals surface area contributed by atoms with Crippen molar-refractivity contribution in [2.45, 2.75) is 25.2 Å². The molecule has 0 aromatic rings. The zero-order valence-corrected chi connectivity index (χ0v) is 9.88. The van der Waals surface area contributed by atoms with Crippen LogP contribution < -0.4 is 5.32 Å². The second-order valence-electron chi connectivity index (χ2n) is 2.52. The molecule has 0 fully saturated rings. The van der Waals surface area contributed by atoms with Crippen molar-refractivity contribution >= 4 is 22.5 Å². The van der Waals surface area contributed by atoms with Gasteiger partial charge in [0.05, 0.1) is 0 Å². The van der Waals surface area contributed by atoms with Crippen molar-refractivity contribution in [2.75, 3.05) is 20.2 Å². The molecule has 0 heterocycles. The van der Waals surface area contributed by atoms with Crippen molar-refractivity contribution in [3.8, 4) is 11.8 Å². The summed E-state index contributed by atoms with van der Waals surface area (Å²) in [5.74, 6) is 5.66. The highest BCUT2D eigenvalue weighted by Crippen LogP contribution is 2.20. The first-order valence-corrected chi connectivity index (χ1v) is 6.24. The summed E-state index contributed by atoms with van der Waals surface area (Å²) in [5.41, 5.74) is 0.164. The van der Waals surface area contributed by atoms with Crippen molar-refractivity contribution in [3.63, 3.8) is 0 Å². The van der Waals surface area contributed by atoms with E-state index in [1.165, 1.54) is 10.8 Å². The van der Waals surface area contributed by atoms with Gasteiger partial charge in [0, 0.05) is 0 Å². The van der Waals surface area contributed by atoms with E-state index in [0.29, 0.717) is 6.61 Å². The van der Waals surface area contributed by atoms with Crippen LogP contribution in [0.1, 0.15) is 19.8 Å². The molecule has 0 aromatic heterocycles. The molecule has 0 radical (unpaired) electrons. The molecule has 13 heavy (non-hydrogen) atoms. The highest BCUT2D eigenvalue weighted by Gasteiger charge is 2.05. The van der Waals surface area contributed by atoms with E-state index < -0.39 is 0 Å². The quantitative estimate of drug-likeness (QED) is 0.225. The molecule has 2 nitrogen and oxygen atoms in total. The van der Waals surface area contributed by atoms with Crippen LogP contribution in [0, 0.1) is 11.8 Å². The van der Waals surface area contributed by atoms with Gasteiger partial charge in [0.1, 0.15) is 12.0 Å². The molecule has 0 aromatic carbocycles. The van der Waals surface area contributed by atoms with E-state index in [0.717, 1.165) is 19.4 Å². The number of hydrogen-bond acceptors (Lipinski definition) is 4. The minimum atomic E-state index is 0.164. The third-order valence-corrected chi connectivity index (χ3v) is 2.81. The molecule has 0 spiro atoms. The average molecular weight is 219 g/mol. The molecular weight excluding hydrogens is 202 g/mol. The molecule has 76 valence electrons. The van der Waals surface area contributed by atoms with Gasteiger partial charge in [-0.25, -0.2) is 0 Å². The summed E-state index contributed by atoms with van der Waals surface area (Å²) in [6, 6.07) is 0. The number of nitrogens with one attached hydrogen (secondary N) is 1. The summed E-state index contributed by atoms with van der Waals surface area (Å²) in [4.78, 5) is 0. The Hall–Kier alpha value is 0.180. The SMILES string of the molecule is CC#CCOC(CCCNC)SS. The van der Waals surface area contributed by atoms with Crippen molar-refractivity contribution < 1.29 is 4.74 Å². The lowest BCUT2D eigenvalue weighted by molar-refractivity contribution is 0.136. The monoisotopic (exact) mass is 219 g/mol. The van der Waals surface area contributed by atoms with Gasteiger partial charge < -0.3 is 10.1 Å². The predicted octanol–water partition coefficient (Wildman–Crippen LogP) is 1.93. The van der Waals surface area contributed by atoms with E-state index >= 15 is 0 Å². The molecule has 0 amide bonds. The summed E-state index contributed by atoms with van der Waals surface area (Å²) in [7, 11) is 3.40. The van der Waals surface area contributed by atoms with Gasteiger partial charge in [-0.3, -0.25) is 0 Å². The van der Waals surface area contributed by atoms with E-state index in [9.17, 15) is 0 Å². The lowest BCUT2D eigenvalue weighted by atomic mass is 10.3. The molecular formula is C9H17NOS2. The lowest BCUT2D eigenvalue weighted by Gasteiger charge is -2.12. The summed E-state index contributed by atoms with van der Waals surface area (Å²) in [6.45, 7) is 3.34. The fraction of sp³-hybridized carbons (Fsp3) is 0.778. The lowest BCUT2D eigenvalue weighted by Crippen LogP contribution is -2.13. The summed E-state index contributed by atoms with van der Waals surface area (Å²) >= 11 is 4.14. The van der Waals surface area contributed by atoms with Gasteiger partial charge in [0.15, 0.2) is 0 Å². The van der Waals surface area contributed by atoms with Gasteiger partial charge in [0.2, 0.25) is 0 Å². The largest absolute Gasteiger partial charge is 0.354 e. The van der Waals surface area contributed by atoms with Crippen LogP contribution in [-0.4, -0.2) is 25.6 Å². The maximum Gasteiger partial charge on any atom is 0.114 e. The second-order valence-corrected chi connectivity index (χ2v) is 3.89. The van der Waals surface area contributed by atoms with E-state index in [4.69, 9.17) is 4.74 Å². The fourth-order valence-corrected chi connectivity index (χ4v) is 1.72. The third-order valence-electron chi connectivity index (χ3n) is 1.50. The van der Waals surface area contributed by atoms with E-state index in [1.807, 2.05) is 14.0 Å². The first-order valence-electron chi connectivity index (χ1n) is 4.31. The first-order chi connectivity index (χ1) is 6.35. The maximum atomic E-state index is 5.46. The van der Waals surface area contributed by atoms with E-state index in [-0.39, 0.29) is 5.44 Å². The molecule has 0 aliphatic carbocycles. The maximum absolute atomic E-state index is 5.46. The summed E-state index contributed by atoms with van der Waals surface area (Å²) in [5, 5.41) is 3.10. The molecule has 0 bridgehead atoms. The van der Waals surface area contributed by atoms with Crippen molar-refractivity contribution in [3.05, 3.63) is 0 Å². The van der Waals surface area contributed by atoms with Gasteiger partial charge in [-0.1, -0.05) is 16.7 Å². The first kappa shape index (κ1) is 13.2. The van der Waals surface area contributed by atoms with Gasteiger partial charge in [-0.05, 0) is 33.4 Å². The summed E-state index contributed by atoms with van der Waals surface area (Å²) in [6.07, 6.45) is 2.12. The Kier molecular flexibility index (Phi) is 10.4. The molecule has 1 unspecified atom stereocenters. The highest BCUT2D eigenvalue weighted by atomic mass is 33.1. The minimum absolute atomic E-state index is 0.164. The Labute approximate surface area is 90.0 Å². The van der Waals surface area contributed by atoms with Gasteiger partial charge >= 0.3 is 0 Å². The Morgan fingerprint density at radius 2 is 2.38 bits per heavy atom. The molecule has 0 rings (SSSR count). The van der Waals surface area contributed by atoms with Crippen LogP contribution >= 0.6 is 22.5 Å². The van der Waals surface area contributed by atoms with Crippen LogP contribution in [0.15, 0.2) is 0 Å². The van der Waals surface area contributed by atoms with Crippen molar-refractivity contribution in [2.24, 2.45) is 0 Å². The molecule has 0 saturated heterocycles. The fourth-order valence-electron chi connectivity index (χ4n) is 0.819. The number of hydrogen-bond donors (Lipinski definition) is 2. The number of rotatable bonds is 7. The van der Waals surface area contributed by atoms with Gasteiger partial charge in [-0.15, -0.1) is 17.6 Å². The zero-order chi connectivity index (χ0) is 9.94. The molecule has 0 aliphatic heterocycles. The smallest absolute Gasteiger partial charge is 0.114 e. The third kappa shape index (κ3) is 8.51. The normalized spacial score (nSPS) is 11.9. The van der Waals surface area contributed by atoms with Crippen LogP contribution in [0.2, 0.25) is 0 Å². The topological polar surface area (TPSA) is 21.3 Å². The average Bonchev–Trinajstić information content (AvgIpc) is 2.16. The number of thiol groups is 1. The standard InChI is InChI=1S/C9H17NOS2/c1-3-4-8-11-9(13-12)6-5-7-10-2/h9-10,12H,5-8H2,1-2H3. The van der Waals surface area contributed by atoms with E-state index in [2.05, 4.69) is 28.8 Å². The van der Waals surface area contributed by atoms with Crippen LogP contribution in [0.5, 0.6) is 0 Å². The Bertz CT molecular complexity index is 165. The van der Waals surface area contributed by atoms with Crippen molar-refractivity contribution in [1.82, 2.24) is 5.32 Å². The van der Waals surface area contributed by atoms with Crippen molar-refractivity contribution in [1.29, 1.82) is 0 Å².